The highest BCUT2D eigenvalue weighted by atomic mass is 16.5. The normalized spacial score (nSPS) is 10.3. The van der Waals surface area contributed by atoms with Crippen LogP contribution in [-0.2, 0) is 0 Å². The number of ether oxygens (including phenoxy) is 1. The molecule has 0 aliphatic heterocycles. The first-order valence-corrected chi connectivity index (χ1v) is 6.34. The molecule has 3 nitrogen and oxygen atoms in total. The van der Waals surface area contributed by atoms with Gasteiger partial charge in [0, 0.05) is 25.3 Å². The second-order valence-electron chi connectivity index (χ2n) is 4.18. The van der Waals surface area contributed by atoms with E-state index < -0.39 is 0 Å². The van der Waals surface area contributed by atoms with Gasteiger partial charge in [-0.15, -0.1) is 0 Å². The molecule has 0 saturated carbocycles. The molecule has 0 heterocycles. The maximum atomic E-state index is 5.23. The van der Waals surface area contributed by atoms with E-state index in [0.717, 1.165) is 25.4 Å². The Hall–Kier alpha value is -1.22. The summed E-state index contributed by atoms with van der Waals surface area (Å²) in [6.45, 7) is 5.40. The quantitative estimate of drug-likeness (QED) is 0.702. The maximum Gasteiger partial charge on any atom is 0.120 e. The second-order valence-corrected chi connectivity index (χ2v) is 4.18. The highest BCUT2D eigenvalue weighted by Crippen LogP contribution is 2.19. The van der Waals surface area contributed by atoms with Gasteiger partial charge in [-0.25, -0.2) is 0 Å². The number of hydrogen-bond acceptors (Lipinski definition) is 3. The fraction of sp³-hybridized carbons (Fsp3) is 0.571. The molecule has 0 aliphatic carbocycles. The lowest BCUT2D eigenvalue weighted by Gasteiger charge is -2.19. The van der Waals surface area contributed by atoms with E-state index in [1.165, 1.54) is 18.5 Å². The van der Waals surface area contributed by atoms with Crippen LogP contribution in [0.5, 0.6) is 5.75 Å². The van der Waals surface area contributed by atoms with Gasteiger partial charge >= 0.3 is 0 Å². The van der Waals surface area contributed by atoms with Crippen LogP contribution in [0.1, 0.15) is 19.8 Å². The van der Waals surface area contributed by atoms with Gasteiger partial charge in [0.25, 0.3) is 0 Å². The molecule has 96 valence electrons. The number of methoxy groups -OCH3 is 1. The summed E-state index contributed by atoms with van der Waals surface area (Å²) in [5.41, 5.74) is 1.22. The Morgan fingerprint density at radius 3 is 2.82 bits per heavy atom. The van der Waals surface area contributed by atoms with Crippen molar-refractivity contribution in [1.29, 1.82) is 0 Å². The molecular formula is C14H24N2O. The number of nitrogens with zero attached hydrogens (tertiary/aromatic N) is 1. The van der Waals surface area contributed by atoms with Crippen molar-refractivity contribution in [1.82, 2.24) is 5.32 Å². The van der Waals surface area contributed by atoms with Crippen molar-refractivity contribution in [2.45, 2.75) is 19.8 Å². The van der Waals surface area contributed by atoms with Crippen LogP contribution in [0.25, 0.3) is 0 Å². The lowest BCUT2D eigenvalue weighted by molar-refractivity contribution is 0.415. The summed E-state index contributed by atoms with van der Waals surface area (Å²) in [4.78, 5) is 2.27. The van der Waals surface area contributed by atoms with Gasteiger partial charge in [0.15, 0.2) is 0 Å². The number of anilines is 1. The van der Waals surface area contributed by atoms with E-state index in [2.05, 4.69) is 36.3 Å². The molecule has 0 aliphatic rings. The topological polar surface area (TPSA) is 24.5 Å². The molecule has 0 saturated heterocycles. The molecule has 0 fully saturated rings. The molecule has 1 aromatic carbocycles. The van der Waals surface area contributed by atoms with Gasteiger partial charge in [-0.2, -0.15) is 0 Å². The molecule has 1 aromatic rings. The van der Waals surface area contributed by atoms with Gasteiger partial charge in [-0.3, -0.25) is 0 Å². The van der Waals surface area contributed by atoms with Crippen molar-refractivity contribution < 1.29 is 4.74 Å². The Labute approximate surface area is 105 Å². The van der Waals surface area contributed by atoms with E-state index in [1.807, 2.05) is 12.1 Å². The first kappa shape index (κ1) is 13.8. The van der Waals surface area contributed by atoms with Crippen molar-refractivity contribution in [2.24, 2.45) is 0 Å². The van der Waals surface area contributed by atoms with Crippen LogP contribution in [0, 0.1) is 0 Å². The average Bonchev–Trinajstić information content (AvgIpc) is 2.38. The zero-order chi connectivity index (χ0) is 12.5. The Morgan fingerprint density at radius 2 is 2.12 bits per heavy atom. The van der Waals surface area contributed by atoms with Gasteiger partial charge < -0.3 is 15.0 Å². The number of benzene rings is 1. The van der Waals surface area contributed by atoms with E-state index in [4.69, 9.17) is 4.74 Å². The van der Waals surface area contributed by atoms with Crippen LogP contribution >= 0.6 is 0 Å². The van der Waals surface area contributed by atoms with Crippen LogP contribution < -0.4 is 15.0 Å². The van der Waals surface area contributed by atoms with Crippen molar-refractivity contribution in [3.8, 4) is 5.75 Å². The SMILES string of the molecule is CCNCCCCN(C)c1cccc(OC)c1. The number of hydrogen-bond donors (Lipinski definition) is 1. The summed E-state index contributed by atoms with van der Waals surface area (Å²) >= 11 is 0. The molecule has 3 heteroatoms. The van der Waals surface area contributed by atoms with Gasteiger partial charge in [0.1, 0.15) is 5.75 Å². The van der Waals surface area contributed by atoms with Crippen molar-refractivity contribution in [2.75, 3.05) is 38.7 Å². The minimum absolute atomic E-state index is 0.919. The third-order valence-electron chi connectivity index (χ3n) is 2.84. The number of rotatable bonds is 8. The molecular weight excluding hydrogens is 212 g/mol. The van der Waals surface area contributed by atoms with Gasteiger partial charge in [-0.05, 0) is 38.1 Å². The molecule has 0 aromatic heterocycles. The maximum absolute atomic E-state index is 5.23. The zero-order valence-corrected chi connectivity index (χ0v) is 11.2. The average molecular weight is 236 g/mol. The molecule has 0 amide bonds. The smallest absolute Gasteiger partial charge is 0.120 e. The van der Waals surface area contributed by atoms with Crippen LogP contribution in [0.3, 0.4) is 0 Å². The van der Waals surface area contributed by atoms with Crippen molar-refractivity contribution in [3.05, 3.63) is 24.3 Å². The molecule has 0 bridgehead atoms. The summed E-state index contributed by atoms with van der Waals surface area (Å²) in [5, 5.41) is 3.34. The molecule has 1 rings (SSSR count). The Kier molecular flexibility index (Phi) is 6.48. The summed E-state index contributed by atoms with van der Waals surface area (Å²) in [6, 6.07) is 8.20. The second kappa shape index (κ2) is 7.96. The lowest BCUT2D eigenvalue weighted by atomic mass is 10.2. The van der Waals surface area contributed by atoms with Crippen LogP contribution in [0.2, 0.25) is 0 Å². The molecule has 1 N–H and O–H groups in total. The van der Waals surface area contributed by atoms with E-state index in [0.29, 0.717) is 0 Å². The number of unbranched alkanes of at least 4 members (excludes halogenated alkanes) is 1. The Morgan fingerprint density at radius 1 is 1.29 bits per heavy atom. The molecule has 17 heavy (non-hydrogen) atoms. The minimum atomic E-state index is 0.919. The van der Waals surface area contributed by atoms with E-state index in [-0.39, 0.29) is 0 Å². The summed E-state index contributed by atoms with van der Waals surface area (Å²) in [7, 11) is 3.83. The predicted octanol–water partition coefficient (Wildman–Crippen LogP) is 2.52. The first-order chi connectivity index (χ1) is 8.27. The third kappa shape index (κ3) is 5.09. The van der Waals surface area contributed by atoms with Crippen molar-refractivity contribution in [3.63, 3.8) is 0 Å². The molecule has 0 spiro atoms. The Bertz CT molecular complexity index is 315. The van der Waals surface area contributed by atoms with E-state index in [9.17, 15) is 0 Å². The Balaban J connectivity index is 2.33. The van der Waals surface area contributed by atoms with Gasteiger partial charge in [-0.1, -0.05) is 13.0 Å². The van der Waals surface area contributed by atoms with E-state index >= 15 is 0 Å². The summed E-state index contributed by atoms with van der Waals surface area (Å²) in [5.74, 6) is 0.919. The van der Waals surface area contributed by atoms with Crippen LogP contribution in [0.4, 0.5) is 5.69 Å². The minimum Gasteiger partial charge on any atom is -0.497 e. The fourth-order valence-electron chi connectivity index (χ4n) is 1.75. The van der Waals surface area contributed by atoms with Gasteiger partial charge in [0.05, 0.1) is 7.11 Å². The zero-order valence-electron chi connectivity index (χ0n) is 11.2. The molecule has 0 radical (unpaired) electrons. The number of nitrogens with one attached hydrogen (secondary N) is 1. The highest BCUT2D eigenvalue weighted by molar-refractivity contribution is 5.49. The highest BCUT2D eigenvalue weighted by Gasteiger charge is 2.01. The third-order valence-corrected chi connectivity index (χ3v) is 2.84. The van der Waals surface area contributed by atoms with E-state index in [1.54, 1.807) is 7.11 Å². The van der Waals surface area contributed by atoms with Crippen molar-refractivity contribution >= 4 is 5.69 Å². The lowest BCUT2D eigenvalue weighted by Crippen LogP contribution is -2.20. The largest absolute Gasteiger partial charge is 0.497 e. The summed E-state index contributed by atoms with van der Waals surface area (Å²) in [6.07, 6.45) is 2.43. The standard InChI is InChI=1S/C14H24N2O/c1-4-15-10-5-6-11-16(2)13-8-7-9-14(12-13)17-3/h7-9,12,15H,4-6,10-11H2,1-3H3. The van der Waals surface area contributed by atoms with Crippen LogP contribution in [0.15, 0.2) is 24.3 Å². The first-order valence-electron chi connectivity index (χ1n) is 6.34. The fourth-order valence-corrected chi connectivity index (χ4v) is 1.75. The summed E-state index contributed by atoms with van der Waals surface area (Å²) < 4.78 is 5.23. The molecule has 0 unspecified atom stereocenters. The predicted molar refractivity (Wildman–Crippen MR) is 74.0 cm³/mol. The molecule has 0 atom stereocenters. The van der Waals surface area contributed by atoms with Crippen LogP contribution in [-0.4, -0.2) is 33.8 Å². The monoisotopic (exact) mass is 236 g/mol. The van der Waals surface area contributed by atoms with Gasteiger partial charge in [0.2, 0.25) is 0 Å².